The van der Waals surface area contributed by atoms with E-state index in [1.807, 2.05) is 60.8 Å². The van der Waals surface area contributed by atoms with Gasteiger partial charge < -0.3 is 10.3 Å². The van der Waals surface area contributed by atoms with Gasteiger partial charge >= 0.3 is 0 Å². The third-order valence-electron chi connectivity index (χ3n) is 5.54. The lowest BCUT2D eigenvalue weighted by Gasteiger charge is -2.31. The fourth-order valence-corrected chi connectivity index (χ4v) is 4.29. The summed E-state index contributed by atoms with van der Waals surface area (Å²) in [6, 6.07) is 16.4. The van der Waals surface area contributed by atoms with Gasteiger partial charge in [0.05, 0.1) is 0 Å². The number of carbonyl (C=O) groups excluding carboxylic acids is 2. The van der Waals surface area contributed by atoms with Crippen LogP contribution >= 0.6 is 11.6 Å². The van der Waals surface area contributed by atoms with Crippen LogP contribution in [0.5, 0.6) is 0 Å². The van der Waals surface area contributed by atoms with Gasteiger partial charge in [0.2, 0.25) is 11.8 Å². The summed E-state index contributed by atoms with van der Waals surface area (Å²) in [5, 5.41) is 4.09. The van der Waals surface area contributed by atoms with Crippen molar-refractivity contribution in [3.05, 3.63) is 66.4 Å². The van der Waals surface area contributed by atoms with E-state index in [1.54, 1.807) is 0 Å². The molecular weight excluding hydrogens is 386 g/mol. The lowest BCUT2D eigenvalue weighted by molar-refractivity contribution is -0.126. The first-order valence-corrected chi connectivity index (χ1v) is 10.5. The van der Waals surface area contributed by atoms with E-state index in [0.29, 0.717) is 5.69 Å². The maximum absolute atomic E-state index is 13.5. The molecule has 0 saturated heterocycles. The molecule has 4 rings (SSSR count). The van der Waals surface area contributed by atoms with Crippen LogP contribution in [-0.4, -0.2) is 28.7 Å². The molecule has 29 heavy (non-hydrogen) atoms. The van der Waals surface area contributed by atoms with Gasteiger partial charge in [0.1, 0.15) is 11.9 Å². The largest absolute Gasteiger partial charge is 0.361 e. The van der Waals surface area contributed by atoms with Crippen LogP contribution in [0.15, 0.2) is 60.8 Å². The zero-order valence-electron chi connectivity index (χ0n) is 16.1. The van der Waals surface area contributed by atoms with Gasteiger partial charge in [0, 0.05) is 34.4 Å². The first kappa shape index (κ1) is 19.5. The average molecular weight is 410 g/mol. The Morgan fingerprint density at radius 2 is 1.76 bits per heavy atom. The Balaban J connectivity index is 1.81. The van der Waals surface area contributed by atoms with Crippen molar-refractivity contribution < 1.29 is 9.59 Å². The van der Waals surface area contributed by atoms with E-state index < -0.39 is 6.04 Å². The topological polar surface area (TPSA) is 65.2 Å². The van der Waals surface area contributed by atoms with Crippen LogP contribution in [-0.2, 0) is 9.59 Å². The number of hydrogen-bond donors (Lipinski definition) is 2. The molecule has 1 aliphatic rings. The highest BCUT2D eigenvalue weighted by Crippen LogP contribution is 2.33. The zero-order chi connectivity index (χ0) is 20.2. The number of anilines is 1. The van der Waals surface area contributed by atoms with Crippen molar-refractivity contribution in [3.63, 3.8) is 0 Å². The molecule has 1 saturated carbocycles. The number of nitrogens with one attached hydrogen (secondary N) is 2. The van der Waals surface area contributed by atoms with Gasteiger partial charge in [-0.05, 0) is 31.0 Å². The van der Waals surface area contributed by atoms with Crippen LogP contribution in [0.25, 0.3) is 10.9 Å². The fraction of sp³-hybridized carbons (Fsp3) is 0.304. The molecule has 1 aliphatic carbocycles. The minimum absolute atomic E-state index is 0.152. The Labute approximate surface area is 175 Å². The number of para-hydroxylation sites is 2. The molecular formula is C23H24ClN3O2. The summed E-state index contributed by atoms with van der Waals surface area (Å²) in [6.07, 6.45) is 6.00. The first-order chi connectivity index (χ1) is 14.2. The molecule has 1 aromatic heterocycles. The Morgan fingerprint density at radius 3 is 2.48 bits per heavy atom. The predicted molar refractivity (Wildman–Crippen MR) is 116 cm³/mol. The maximum atomic E-state index is 13.5. The number of nitrogens with zero attached hydrogens (tertiary/aromatic N) is 1. The minimum Gasteiger partial charge on any atom is -0.361 e. The number of aromatic nitrogens is 1. The molecule has 1 fully saturated rings. The van der Waals surface area contributed by atoms with Gasteiger partial charge in [-0.25, -0.2) is 0 Å². The third kappa shape index (κ3) is 4.01. The van der Waals surface area contributed by atoms with Crippen LogP contribution < -0.4 is 10.2 Å². The highest BCUT2D eigenvalue weighted by atomic mass is 35.5. The average Bonchev–Trinajstić information content (AvgIpc) is 3.42. The minimum atomic E-state index is -0.805. The molecule has 6 heteroatoms. The summed E-state index contributed by atoms with van der Waals surface area (Å²) in [7, 11) is 0. The highest BCUT2D eigenvalue weighted by Gasteiger charge is 2.35. The number of carbonyl (C=O) groups is 2. The number of fused-ring (bicyclic) bond motifs is 1. The number of amides is 2. The van der Waals surface area contributed by atoms with E-state index in [-0.39, 0.29) is 23.7 Å². The van der Waals surface area contributed by atoms with E-state index >= 15 is 0 Å². The summed E-state index contributed by atoms with van der Waals surface area (Å²) < 4.78 is 0. The van der Waals surface area contributed by atoms with E-state index in [4.69, 9.17) is 11.6 Å². The third-order valence-corrected chi connectivity index (χ3v) is 5.77. The van der Waals surface area contributed by atoms with Crippen molar-refractivity contribution in [1.29, 1.82) is 0 Å². The second kappa shape index (κ2) is 8.70. The molecule has 2 aromatic carbocycles. The van der Waals surface area contributed by atoms with Gasteiger partial charge in [0.15, 0.2) is 0 Å². The SMILES string of the molecule is O=C(NC1CCCC1)[C@H](c1c[nH]c2ccccc12)N(C(=O)CCl)c1ccccc1. The molecule has 2 amide bonds. The molecule has 150 valence electrons. The molecule has 3 aromatic rings. The van der Waals surface area contributed by atoms with Crippen LogP contribution in [0.2, 0.25) is 0 Å². The summed E-state index contributed by atoms with van der Waals surface area (Å²) in [4.78, 5) is 31.2. The van der Waals surface area contributed by atoms with Crippen molar-refractivity contribution in [1.82, 2.24) is 10.3 Å². The maximum Gasteiger partial charge on any atom is 0.248 e. The summed E-state index contributed by atoms with van der Waals surface area (Å²) >= 11 is 5.96. The van der Waals surface area contributed by atoms with E-state index in [1.165, 1.54) is 4.90 Å². The Bertz CT molecular complexity index is 996. The molecule has 0 bridgehead atoms. The van der Waals surface area contributed by atoms with E-state index in [9.17, 15) is 9.59 Å². The second-order valence-electron chi connectivity index (χ2n) is 7.42. The summed E-state index contributed by atoms with van der Waals surface area (Å²) in [5.74, 6) is -0.691. The number of rotatable bonds is 6. The number of alkyl halides is 1. The fourth-order valence-electron chi connectivity index (χ4n) is 4.16. The Morgan fingerprint density at radius 1 is 1.07 bits per heavy atom. The van der Waals surface area contributed by atoms with Gasteiger partial charge in [-0.2, -0.15) is 0 Å². The number of benzene rings is 2. The number of halogens is 1. The number of H-pyrrole nitrogens is 1. The smallest absolute Gasteiger partial charge is 0.248 e. The lowest BCUT2D eigenvalue weighted by atomic mass is 10.0. The van der Waals surface area contributed by atoms with Gasteiger partial charge in [-0.1, -0.05) is 49.2 Å². The predicted octanol–water partition coefficient (Wildman–Crippen LogP) is 4.54. The van der Waals surface area contributed by atoms with Crippen LogP contribution in [0, 0.1) is 0 Å². The normalized spacial score (nSPS) is 15.3. The Kier molecular flexibility index (Phi) is 5.86. The van der Waals surface area contributed by atoms with E-state index in [2.05, 4.69) is 10.3 Å². The monoisotopic (exact) mass is 409 g/mol. The van der Waals surface area contributed by atoms with E-state index in [0.717, 1.165) is 42.1 Å². The standard InChI is InChI=1S/C23H24ClN3O2/c24-14-21(28)27(17-10-2-1-3-11-17)22(23(29)26-16-8-4-5-9-16)19-15-25-20-13-7-6-12-18(19)20/h1-3,6-7,10-13,15-16,22,25H,4-5,8-9,14H2,(H,26,29)/t22-/m0/s1. The van der Waals surface area contributed by atoms with Crippen molar-refractivity contribution in [2.24, 2.45) is 0 Å². The quantitative estimate of drug-likeness (QED) is 0.587. The molecule has 1 heterocycles. The van der Waals surface area contributed by atoms with Crippen LogP contribution in [0.3, 0.4) is 0 Å². The first-order valence-electron chi connectivity index (χ1n) is 9.98. The molecule has 0 unspecified atom stereocenters. The molecule has 0 spiro atoms. The summed E-state index contributed by atoms with van der Waals surface area (Å²) in [5.41, 5.74) is 2.33. The van der Waals surface area contributed by atoms with Gasteiger partial charge in [0.25, 0.3) is 0 Å². The van der Waals surface area contributed by atoms with Gasteiger partial charge in [-0.3, -0.25) is 14.5 Å². The Hall–Kier alpha value is -2.79. The van der Waals surface area contributed by atoms with Crippen molar-refractivity contribution in [2.75, 3.05) is 10.8 Å². The highest BCUT2D eigenvalue weighted by molar-refractivity contribution is 6.30. The zero-order valence-corrected chi connectivity index (χ0v) is 16.9. The molecule has 5 nitrogen and oxygen atoms in total. The molecule has 0 aliphatic heterocycles. The van der Waals surface area contributed by atoms with Crippen LogP contribution in [0.4, 0.5) is 5.69 Å². The van der Waals surface area contributed by atoms with Crippen molar-refractivity contribution in [3.8, 4) is 0 Å². The van der Waals surface area contributed by atoms with Gasteiger partial charge in [-0.15, -0.1) is 11.6 Å². The second-order valence-corrected chi connectivity index (χ2v) is 7.68. The molecule has 0 radical (unpaired) electrons. The van der Waals surface area contributed by atoms with Crippen LogP contribution in [0.1, 0.15) is 37.3 Å². The van der Waals surface area contributed by atoms with Crippen molar-refractivity contribution in [2.45, 2.75) is 37.8 Å². The lowest BCUT2D eigenvalue weighted by Crippen LogP contribution is -2.46. The van der Waals surface area contributed by atoms with Crippen molar-refractivity contribution >= 4 is 40.0 Å². The molecule has 2 N–H and O–H groups in total. The number of hydrogen-bond acceptors (Lipinski definition) is 2. The summed E-state index contributed by atoms with van der Waals surface area (Å²) in [6.45, 7) is 0. The number of aromatic amines is 1. The molecule has 1 atom stereocenters.